The van der Waals surface area contributed by atoms with E-state index in [2.05, 4.69) is 16.0 Å². The molecule has 26 heavy (non-hydrogen) atoms. The van der Waals surface area contributed by atoms with E-state index in [-0.39, 0.29) is 12.0 Å². The monoisotopic (exact) mass is 347 g/mol. The molecular weight excluding hydrogens is 326 g/mol. The van der Waals surface area contributed by atoms with Crippen molar-refractivity contribution in [2.45, 2.75) is 18.9 Å². The van der Waals surface area contributed by atoms with Crippen molar-refractivity contribution in [3.8, 4) is 0 Å². The van der Waals surface area contributed by atoms with Gasteiger partial charge in [-0.3, -0.25) is 19.7 Å². The number of carboxylic acid groups (broad SMARTS) is 1. The summed E-state index contributed by atoms with van der Waals surface area (Å²) in [6.45, 7) is 1.37. The molecule has 0 radical (unpaired) electrons. The maximum Gasteiger partial charge on any atom is 0.307 e. The number of hydrogen-bond acceptors (Lipinski definition) is 4. The fourth-order valence-electron chi connectivity index (χ4n) is 3.74. The molecule has 0 aliphatic carbocycles. The van der Waals surface area contributed by atoms with Crippen LogP contribution in [0.1, 0.15) is 30.3 Å². The summed E-state index contributed by atoms with van der Waals surface area (Å²) in [5, 5.41) is 10.6. The van der Waals surface area contributed by atoms with Crippen LogP contribution in [0.4, 0.5) is 0 Å². The van der Waals surface area contributed by atoms with Gasteiger partial charge in [0, 0.05) is 18.1 Å². The Hall–Kier alpha value is -2.79. The molecule has 3 aromatic rings. The Morgan fingerprint density at radius 3 is 2.73 bits per heavy atom. The molecule has 0 bridgehead atoms. The molecule has 1 aliphatic rings. The molecule has 2 atom stereocenters. The van der Waals surface area contributed by atoms with E-state index in [9.17, 15) is 9.90 Å². The number of benzene rings is 1. The van der Waals surface area contributed by atoms with Crippen molar-refractivity contribution in [1.82, 2.24) is 14.9 Å². The first-order valence-corrected chi connectivity index (χ1v) is 8.96. The zero-order valence-corrected chi connectivity index (χ0v) is 14.5. The lowest BCUT2D eigenvalue weighted by molar-refractivity contribution is -0.143. The minimum absolute atomic E-state index is 0.136. The van der Waals surface area contributed by atoms with Gasteiger partial charge in [0.2, 0.25) is 0 Å². The number of carbonyl (C=O) groups is 1. The maximum atomic E-state index is 11.5. The third-order valence-electron chi connectivity index (χ3n) is 5.04. The second kappa shape index (κ2) is 7.22. The number of likely N-dealkylation sites (tertiary alicyclic amines) is 1. The van der Waals surface area contributed by atoms with Gasteiger partial charge in [0.25, 0.3) is 0 Å². The molecule has 1 aliphatic heterocycles. The number of para-hydroxylation sites is 1. The van der Waals surface area contributed by atoms with Crippen molar-refractivity contribution in [1.29, 1.82) is 0 Å². The first-order chi connectivity index (χ1) is 12.7. The molecule has 5 heteroatoms. The summed E-state index contributed by atoms with van der Waals surface area (Å²) in [5.41, 5.74) is 2.76. The molecule has 1 fully saturated rings. The normalized spacial score (nSPS) is 19.3. The lowest BCUT2D eigenvalue weighted by atomic mass is 9.94. The second-order valence-electron chi connectivity index (χ2n) is 6.76. The highest BCUT2D eigenvalue weighted by atomic mass is 16.4. The number of carboxylic acids is 1. The summed E-state index contributed by atoms with van der Waals surface area (Å²) in [4.78, 5) is 23.1. The standard InChI is InChI=1S/C21H21N3O2/c25-21(26)16-7-5-13-24(14-16)20(18-9-3-4-12-22-18)19-11-10-15-6-1-2-8-17(15)23-19/h1-4,6,8-12,16,20H,5,7,13-14H2,(H,25,26). The number of pyridine rings is 2. The van der Waals surface area contributed by atoms with Gasteiger partial charge >= 0.3 is 5.97 Å². The van der Waals surface area contributed by atoms with E-state index in [1.165, 1.54) is 0 Å². The average molecular weight is 347 g/mol. The minimum atomic E-state index is -0.721. The lowest BCUT2D eigenvalue weighted by Gasteiger charge is -2.36. The number of aliphatic carboxylic acids is 1. The van der Waals surface area contributed by atoms with E-state index in [1.54, 1.807) is 6.20 Å². The fraction of sp³-hybridized carbons (Fsp3) is 0.286. The van der Waals surface area contributed by atoms with Crippen LogP contribution >= 0.6 is 0 Å². The highest BCUT2D eigenvalue weighted by Crippen LogP contribution is 2.31. The summed E-state index contributed by atoms with van der Waals surface area (Å²) in [6.07, 6.45) is 3.38. The van der Waals surface area contributed by atoms with Crippen molar-refractivity contribution in [2.75, 3.05) is 13.1 Å². The Kier molecular flexibility index (Phi) is 4.63. The molecule has 0 amide bonds. The fourth-order valence-corrected chi connectivity index (χ4v) is 3.74. The van der Waals surface area contributed by atoms with E-state index in [1.807, 2.05) is 48.5 Å². The smallest absolute Gasteiger partial charge is 0.307 e. The molecule has 0 saturated carbocycles. The Labute approximate surface area is 152 Å². The van der Waals surface area contributed by atoms with Crippen LogP contribution in [0.3, 0.4) is 0 Å². The average Bonchev–Trinajstić information content (AvgIpc) is 2.69. The summed E-state index contributed by atoms with van der Waals surface area (Å²) >= 11 is 0. The molecule has 2 unspecified atom stereocenters. The minimum Gasteiger partial charge on any atom is -0.481 e. The number of aromatic nitrogens is 2. The van der Waals surface area contributed by atoms with Gasteiger partial charge in [0.05, 0.1) is 28.9 Å². The quantitative estimate of drug-likeness (QED) is 0.782. The van der Waals surface area contributed by atoms with E-state index in [4.69, 9.17) is 4.98 Å². The van der Waals surface area contributed by atoms with Crippen LogP contribution < -0.4 is 0 Å². The van der Waals surface area contributed by atoms with Crippen LogP contribution in [0.25, 0.3) is 10.9 Å². The first kappa shape index (κ1) is 16.7. The van der Waals surface area contributed by atoms with Crippen LogP contribution in [0.5, 0.6) is 0 Å². The number of fused-ring (bicyclic) bond motifs is 1. The van der Waals surface area contributed by atoms with E-state index < -0.39 is 5.97 Å². The summed E-state index contributed by atoms with van der Waals surface area (Å²) in [5.74, 6) is -1.06. The number of nitrogens with zero attached hydrogens (tertiary/aromatic N) is 3. The van der Waals surface area contributed by atoms with Crippen molar-refractivity contribution < 1.29 is 9.90 Å². The third kappa shape index (κ3) is 3.30. The number of piperidine rings is 1. The Morgan fingerprint density at radius 1 is 1.08 bits per heavy atom. The van der Waals surface area contributed by atoms with Gasteiger partial charge in [-0.15, -0.1) is 0 Å². The molecule has 3 heterocycles. The molecule has 0 spiro atoms. The Bertz CT molecular complexity index is 913. The van der Waals surface area contributed by atoms with Gasteiger partial charge in [-0.1, -0.05) is 30.3 Å². The molecule has 2 aromatic heterocycles. The highest BCUT2D eigenvalue weighted by Gasteiger charge is 2.32. The van der Waals surface area contributed by atoms with Gasteiger partial charge in [0.15, 0.2) is 0 Å². The predicted octanol–water partition coefficient (Wildman–Crippen LogP) is 3.52. The largest absolute Gasteiger partial charge is 0.481 e. The molecule has 5 nitrogen and oxygen atoms in total. The third-order valence-corrected chi connectivity index (χ3v) is 5.04. The summed E-state index contributed by atoms with van der Waals surface area (Å²) < 4.78 is 0. The van der Waals surface area contributed by atoms with Crippen molar-refractivity contribution in [2.24, 2.45) is 5.92 Å². The van der Waals surface area contributed by atoms with Gasteiger partial charge in [0.1, 0.15) is 0 Å². The van der Waals surface area contributed by atoms with Gasteiger partial charge in [-0.25, -0.2) is 0 Å². The lowest BCUT2D eigenvalue weighted by Crippen LogP contribution is -2.41. The summed E-state index contributed by atoms with van der Waals surface area (Å²) in [6, 6.07) is 17.9. The molecular formula is C21H21N3O2. The summed E-state index contributed by atoms with van der Waals surface area (Å²) in [7, 11) is 0. The van der Waals surface area contributed by atoms with Gasteiger partial charge in [-0.2, -0.15) is 0 Å². The van der Waals surface area contributed by atoms with Crippen molar-refractivity contribution >= 4 is 16.9 Å². The Balaban J connectivity index is 1.76. The van der Waals surface area contributed by atoms with Crippen LogP contribution in [0.15, 0.2) is 60.8 Å². The number of hydrogen-bond donors (Lipinski definition) is 1. The van der Waals surface area contributed by atoms with Crippen LogP contribution in [0, 0.1) is 5.92 Å². The molecule has 1 N–H and O–H groups in total. The second-order valence-corrected chi connectivity index (χ2v) is 6.76. The van der Waals surface area contributed by atoms with Crippen molar-refractivity contribution in [3.05, 3.63) is 72.2 Å². The molecule has 4 rings (SSSR count). The van der Waals surface area contributed by atoms with Crippen molar-refractivity contribution in [3.63, 3.8) is 0 Å². The highest BCUT2D eigenvalue weighted by molar-refractivity contribution is 5.78. The zero-order valence-electron chi connectivity index (χ0n) is 14.5. The van der Waals surface area contributed by atoms with E-state index in [0.717, 1.165) is 41.7 Å². The van der Waals surface area contributed by atoms with Crippen LogP contribution in [-0.2, 0) is 4.79 Å². The Morgan fingerprint density at radius 2 is 1.92 bits per heavy atom. The maximum absolute atomic E-state index is 11.5. The van der Waals surface area contributed by atoms with E-state index in [0.29, 0.717) is 6.54 Å². The molecule has 1 aromatic carbocycles. The topological polar surface area (TPSA) is 66.3 Å². The van der Waals surface area contributed by atoms with E-state index >= 15 is 0 Å². The zero-order chi connectivity index (χ0) is 17.9. The predicted molar refractivity (Wildman–Crippen MR) is 99.8 cm³/mol. The van der Waals surface area contributed by atoms with Gasteiger partial charge < -0.3 is 5.11 Å². The first-order valence-electron chi connectivity index (χ1n) is 8.96. The van der Waals surface area contributed by atoms with Crippen LogP contribution in [-0.4, -0.2) is 39.0 Å². The SMILES string of the molecule is O=C(O)C1CCCN(C(c2ccccn2)c2ccc3ccccc3n2)C1. The molecule has 132 valence electrons. The van der Waals surface area contributed by atoms with Crippen LogP contribution in [0.2, 0.25) is 0 Å². The van der Waals surface area contributed by atoms with Gasteiger partial charge in [-0.05, 0) is 43.7 Å². The number of rotatable bonds is 4. The molecule has 1 saturated heterocycles.